The molecule has 3 fully saturated rings. The average molecular weight is 565 g/mol. The van der Waals surface area contributed by atoms with Crippen molar-refractivity contribution in [3.63, 3.8) is 0 Å². The number of nitrogens with zero attached hydrogens (tertiary/aromatic N) is 2. The second kappa shape index (κ2) is 8.80. The molecule has 2 N–H and O–H groups in total. The summed E-state index contributed by atoms with van der Waals surface area (Å²) in [6.07, 6.45) is -8.33. The zero-order valence-electron chi connectivity index (χ0n) is 19.4. The lowest BCUT2D eigenvalue weighted by Gasteiger charge is -2.53. The molecule has 38 heavy (non-hydrogen) atoms. The van der Waals surface area contributed by atoms with Gasteiger partial charge < -0.3 is 29.6 Å². The van der Waals surface area contributed by atoms with Crippen molar-refractivity contribution in [3.05, 3.63) is 34.7 Å². The Balaban J connectivity index is 1.45. The maximum Gasteiger partial charge on any atom is 0.586 e. The zero-order valence-corrected chi connectivity index (χ0v) is 20.1. The van der Waals surface area contributed by atoms with Crippen LogP contribution in [-0.2, 0) is 4.74 Å². The lowest BCUT2D eigenvalue weighted by atomic mass is 9.70. The molecule has 4 heterocycles. The molecule has 6 rings (SSSR count). The fraction of sp³-hybridized carbons (Fsp3) is 0.455. The van der Waals surface area contributed by atoms with Crippen LogP contribution in [-0.4, -0.2) is 59.1 Å². The normalized spacial score (nSPS) is 25.1. The lowest BCUT2D eigenvalue weighted by Crippen LogP contribution is -2.66. The van der Waals surface area contributed by atoms with E-state index in [0.29, 0.717) is 0 Å². The largest absolute Gasteiger partial charge is 0.586 e. The van der Waals surface area contributed by atoms with E-state index in [1.165, 1.54) is 7.11 Å². The highest BCUT2D eigenvalue weighted by molar-refractivity contribution is 6.33. The molecule has 1 aromatic carbocycles. The number of carbonyl (C=O) groups is 2. The van der Waals surface area contributed by atoms with Gasteiger partial charge in [-0.25, -0.2) is 9.97 Å². The van der Waals surface area contributed by atoms with Gasteiger partial charge in [0.1, 0.15) is 17.0 Å². The smallest absolute Gasteiger partial charge is 0.480 e. The van der Waals surface area contributed by atoms with E-state index in [4.69, 9.17) is 21.1 Å². The standard InChI is InChI=1S/C22H18ClF5N4O6/c1-35-18-14(15(23)29-9-30-18)17(34)31-11-7-13-12(37-22(27,28)38-13)6-10(11)16(33)32-19-2-4-20(5-3-19,36-8-19)21(24,25)26/h6-7,9H,2-5,8H2,1H3,(H,31,34)(H,32,33). The summed E-state index contributed by atoms with van der Waals surface area (Å²) in [6.45, 7) is -0.406. The van der Waals surface area contributed by atoms with Gasteiger partial charge in [-0.3, -0.25) is 9.59 Å². The first-order chi connectivity index (χ1) is 17.8. The Labute approximate surface area is 215 Å². The highest BCUT2D eigenvalue weighted by Gasteiger charge is 2.63. The summed E-state index contributed by atoms with van der Waals surface area (Å²) < 4.78 is 86.9. The minimum atomic E-state index is -4.56. The van der Waals surface area contributed by atoms with Crippen molar-refractivity contribution in [2.45, 2.75) is 49.3 Å². The molecule has 16 heteroatoms. The number of carbonyl (C=O) groups excluding carboxylic acids is 2. The van der Waals surface area contributed by atoms with E-state index >= 15 is 0 Å². The minimum Gasteiger partial charge on any atom is -0.480 e. The number of hydrogen-bond acceptors (Lipinski definition) is 8. The van der Waals surface area contributed by atoms with Gasteiger partial charge in [0.15, 0.2) is 17.1 Å². The van der Waals surface area contributed by atoms with Crippen LogP contribution < -0.4 is 24.8 Å². The van der Waals surface area contributed by atoms with E-state index in [1.807, 2.05) is 0 Å². The molecule has 1 aliphatic carbocycles. The molecule has 0 atom stereocenters. The predicted molar refractivity (Wildman–Crippen MR) is 118 cm³/mol. The highest BCUT2D eigenvalue weighted by atomic mass is 35.5. The fourth-order valence-electron chi connectivity index (χ4n) is 4.70. The first-order valence-electron chi connectivity index (χ1n) is 11.1. The third-order valence-corrected chi connectivity index (χ3v) is 7.04. The Hall–Kier alpha value is -3.46. The summed E-state index contributed by atoms with van der Waals surface area (Å²) in [5.41, 5.74) is -4.33. The molecule has 204 valence electrons. The summed E-state index contributed by atoms with van der Waals surface area (Å²) in [5.74, 6) is -2.99. The van der Waals surface area contributed by atoms with Gasteiger partial charge in [-0.1, -0.05) is 11.6 Å². The molecule has 1 saturated carbocycles. The molecule has 0 radical (unpaired) electrons. The molecule has 2 aromatic rings. The van der Waals surface area contributed by atoms with Crippen LogP contribution in [0.3, 0.4) is 0 Å². The molecule has 0 spiro atoms. The Morgan fingerprint density at radius 2 is 1.71 bits per heavy atom. The van der Waals surface area contributed by atoms with Crippen LogP contribution in [0, 0.1) is 0 Å². The van der Waals surface area contributed by atoms with E-state index < -0.39 is 53.5 Å². The van der Waals surface area contributed by atoms with Crippen LogP contribution in [0.15, 0.2) is 18.5 Å². The maximum atomic E-state index is 13.7. The number of aromatic nitrogens is 2. The van der Waals surface area contributed by atoms with E-state index in [2.05, 4.69) is 30.1 Å². The van der Waals surface area contributed by atoms with Crippen molar-refractivity contribution in [1.29, 1.82) is 0 Å². The van der Waals surface area contributed by atoms with Gasteiger partial charge in [0.25, 0.3) is 11.8 Å². The summed E-state index contributed by atoms with van der Waals surface area (Å²) in [4.78, 5) is 33.9. The number of amides is 2. The van der Waals surface area contributed by atoms with Crippen LogP contribution in [0.1, 0.15) is 46.4 Å². The Morgan fingerprint density at radius 1 is 1.05 bits per heavy atom. The molecule has 2 saturated heterocycles. The Bertz CT molecular complexity index is 1300. The predicted octanol–water partition coefficient (Wildman–Crippen LogP) is 4.09. The molecule has 1 aromatic heterocycles. The molecule has 0 unspecified atom stereocenters. The number of halogens is 6. The van der Waals surface area contributed by atoms with Gasteiger partial charge in [0.05, 0.1) is 30.5 Å². The highest BCUT2D eigenvalue weighted by Crippen LogP contribution is 2.52. The van der Waals surface area contributed by atoms with E-state index in [9.17, 15) is 31.5 Å². The number of rotatable bonds is 5. The number of hydrogen-bond donors (Lipinski definition) is 2. The second-order valence-electron chi connectivity index (χ2n) is 9.03. The van der Waals surface area contributed by atoms with Crippen LogP contribution in [0.2, 0.25) is 5.15 Å². The van der Waals surface area contributed by atoms with Crippen molar-refractivity contribution in [2.24, 2.45) is 0 Å². The number of alkyl halides is 5. The average Bonchev–Trinajstić information content (AvgIpc) is 3.16. The van der Waals surface area contributed by atoms with Crippen molar-refractivity contribution in [3.8, 4) is 17.4 Å². The summed E-state index contributed by atoms with van der Waals surface area (Å²) in [5, 5.41) is 4.75. The number of fused-ring (bicyclic) bond motifs is 4. The van der Waals surface area contributed by atoms with E-state index in [1.54, 1.807) is 0 Å². The number of ether oxygens (including phenoxy) is 4. The van der Waals surface area contributed by atoms with Gasteiger partial charge in [-0.15, -0.1) is 8.78 Å². The first kappa shape index (κ1) is 26.2. The third kappa shape index (κ3) is 4.42. The molecule has 4 aliphatic rings. The molecule has 2 bridgehead atoms. The van der Waals surface area contributed by atoms with Crippen LogP contribution >= 0.6 is 11.6 Å². The van der Waals surface area contributed by atoms with Crippen molar-refractivity contribution in [2.75, 3.05) is 19.0 Å². The number of nitrogens with one attached hydrogen (secondary N) is 2. The summed E-state index contributed by atoms with van der Waals surface area (Å²) in [7, 11) is 1.22. The second-order valence-corrected chi connectivity index (χ2v) is 9.39. The fourth-order valence-corrected chi connectivity index (χ4v) is 4.91. The summed E-state index contributed by atoms with van der Waals surface area (Å²) in [6, 6.07) is 1.86. The first-order valence-corrected chi connectivity index (χ1v) is 11.5. The van der Waals surface area contributed by atoms with Crippen molar-refractivity contribution in [1.82, 2.24) is 15.3 Å². The van der Waals surface area contributed by atoms with Crippen LogP contribution in [0.4, 0.5) is 27.6 Å². The molecule has 10 nitrogen and oxygen atoms in total. The Morgan fingerprint density at radius 3 is 2.29 bits per heavy atom. The topological polar surface area (TPSA) is 121 Å². The lowest BCUT2D eigenvalue weighted by molar-refractivity contribution is -0.317. The van der Waals surface area contributed by atoms with Gasteiger partial charge in [-0.2, -0.15) is 13.2 Å². The Kier molecular flexibility index (Phi) is 6.06. The minimum absolute atomic E-state index is 0.0310. The zero-order chi connectivity index (χ0) is 27.5. The number of anilines is 1. The van der Waals surface area contributed by atoms with Gasteiger partial charge >= 0.3 is 12.5 Å². The SMILES string of the molecule is COc1ncnc(Cl)c1C(=O)Nc1cc2c(cc1C(=O)NC13CCC(C(F)(F)F)(CC1)OC3)OC(F)(F)O2. The van der Waals surface area contributed by atoms with Crippen molar-refractivity contribution < 1.29 is 50.5 Å². The van der Waals surface area contributed by atoms with Crippen LogP contribution in [0.5, 0.6) is 17.4 Å². The molecule has 3 aliphatic heterocycles. The summed E-state index contributed by atoms with van der Waals surface area (Å²) >= 11 is 6.01. The maximum absolute atomic E-state index is 13.7. The van der Waals surface area contributed by atoms with E-state index in [-0.39, 0.29) is 53.5 Å². The number of methoxy groups -OCH3 is 1. The van der Waals surface area contributed by atoms with Gasteiger partial charge in [0, 0.05) is 6.07 Å². The molecular formula is C22H18ClF5N4O6. The van der Waals surface area contributed by atoms with Gasteiger partial charge in [0.2, 0.25) is 5.88 Å². The quantitative estimate of drug-likeness (QED) is 0.412. The number of benzene rings is 1. The monoisotopic (exact) mass is 564 g/mol. The van der Waals surface area contributed by atoms with Gasteiger partial charge in [-0.05, 0) is 31.7 Å². The van der Waals surface area contributed by atoms with Crippen LogP contribution in [0.25, 0.3) is 0 Å². The van der Waals surface area contributed by atoms with E-state index in [0.717, 1.165) is 18.5 Å². The molecule has 2 amide bonds. The third-order valence-electron chi connectivity index (χ3n) is 6.76. The molecular weight excluding hydrogens is 547 g/mol. The van der Waals surface area contributed by atoms with Crippen molar-refractivity contribution >= 4 is 29.1 Å².